The summed E-state index contributed by atoms with van der Waals surface area (Å²) in [6, 6.07) is 0.442. The van der Waals surface area contributed by atoms with Crippen LogP contribution in [0.1, 0.15) is 51.4 Å². The van der Waals surface area contributed by atoms with Crippen LogP contribution in [0.4, 0.5) is 0 Å². The first-order valence-corrected chi connectivity index (χ1v) is 6.27. The van der Waals surface area contributed by atoms with Crippen LogP contribution >= 0.6 is 0 Å². The molecule has 2 rings (SSSR count). The van der Waals surface area contributed by atoms with Gasteiger partial charge in [-0.15, -0.1) is 10.2 Å². The highest BCUT2D eigenvalue weighted by Crippen LogP contribution is 2.18. The van der Waals surface area contributed by atoms with Crippen LogP contribution in [0.3, 0.4) is 0 Å². The van der Waals surface area contributed by atoms with Crippen molar-refractivity contribution < 1.29 is 4.74 Å². The fourth-order valence-corrected chi connectivity index (χ4v) is 2.20. The highest BCUT2D eigenvalue weighted by molar-refractivity contribution is 4.89. The molecule has 0 saturated carbocycles. The lowest BCUT2D eigenvalue weighted by molar-refractivity contribution is 0.0110. The van der Waals surface area contributed by atoms with Gasteiger partial charge in [-0.25, -0.2) is 0 Å². The lowest BCUT2D eigenvalue weighted by Gasteiger charge is -2.22. The van der Waals surface area contributed by atoms with Gasteiger partial charge in [0.15, 0.2) is 0 Å². The van der Waals surface area contributed by atoms with Crippen LogP contribution in [0.2, 0.25) is 0 Å². The van der Waals surface area contributed by atoms with Crippen LogP contribution < -0.4 is 0 Å². The molecule has 2 heterocycles. The standard InChI is InChI=1S/C12H21N3O/c1-10(2)15-9-13-14-12(15)7-6-11-5-3-4-8-16-11/h9-11H,3-8H2,1-2H3. The molecular weight excluding hydrogens is 202 g/mol. The Morgan fingerprint density at radius 3 is 3.06 bits per heavy atom. The second-order valence-electron chi connectivity index (χ2n) is 4.78. The Bertz CT molecular complexity index is 316. The van der Waals surface area contributed by atoms with Crippen molar-refractivity contribution in [1.29, 1.82) is 0 Å². The van der Waals surface area contributed by atoms with E-state index >= 15 is 0 Å². The molecule has 1 aromatic heterocycles. The minimum atomic E-state index is 0.436. The molecular formula is C12H21N3O. The largest absolute Gasteiger partial charge is 0.378 e. The minimum absolute atomic E-state index is 0.436. The van der Waals surface area contributed by atoms with Crippen molar-refractivity contribution in [3.8, 4) is 0 Å². The van der Waals surface area contributed by atoms with E-state index in [0.717, 1.165) is 25.3 Å². The van der Waals surface area contributed by atoms with Gasteiger partial charge in [0.2, 0.25) is 0 Å². The molecule has 0 bridgehead atoms. The van der Waals surface area contributed by atoms with E-state index in [0.29, 0.717) is 12.1 Å². The average molecular weight is 223 g/mol. The molecule has 0 radical (unpaired) electrons. The summed E-state index contributed by atoms with van der Waals surface area (Å²) in [7, 11) is 0. The first-order valence-electron chi connectivity index (χ1n) is 6.27. The van der Waals surface area contributed by atoms with Crippen molar-refractivity contribution in [1.82, 2.24) is 14.8 Å². The Morgan fingerprint density at radius 2 is 2.38 bits per heavy atom. The quantitative estimate of drug-likeness (QED) is 0.786. The van der Waals surface area contributed by atoms with E-state index in [1.54, 1.807) is 0 Å². The Hall–Kier alpha value is -0.900. The molecule has 0 spiro atoms. The maximum Gasteiger partial charge on any atom is 0.133 e. The molecule has 90 valence electrons. The summed E-state index contributed by atoms with van der Waals surface area (Å²) >= 11 is 0. The summed E-state index contributed by atoms with van der Waals surface area (Å²) in [5.74, 6) is 1.09. The number of aromatic nitrogens is 3. The van der Waals surface area contributed by atoms with Crippen LogP contribution in [0.25, 0.3) is 0 Å². The zero-order chi connectivity index (χ0) is 11.4. The predicted octanol–water partition coefficient (Wildman–Crippen LogP) is 2.36. The molecule has 0 aliphatic carbocycles. The first-order chi connectivity index (χ1) is 7.77. The van der Waals surface area contributed by atoms with E-state index < -0.39 is 0 Å². The normalized spacial score (nSPS) is 21.6. The molecule has 1 aliphatic heterocycles. The van der Waals surface area contributed by atoms with Crippen molar-refractivity contribution in [2.45, 2.75) is 58.1 Å². The second-order valence-corrected chi connectivity index (χ2v) is 4.78. The van der Waals surface area contributed by atoms with Crippen LogP contribution in [0, 0.1) is 0 Å². The number of hydrogen-bond donors (Lipinski definition) is 0. The lowest BCUT2D eigenvalue weighted by Crippen LogP contribution is -2.20. The third-order valence-electron chi connectivity index (χ3n) is 3.17. The van der Waals surface area contributed by atoms with E-state index in [2.05, 4.69) is 28.6 Å². The number of hydrogen-bond acceptors (Lipinski definition) is 3. The smallest absolute Gasteiger partial charge is 0.133 e. The summed E-state index contributed by atoms with van der Waals surface area (Å²) in [4.78, 5) is 0. The number of rotatable bonds is 4. The van der Waals surface area contributed by atoms with Crippen molar-refractivity contribution in [3.63, 3.8) is 0 Å². The van der Waals surface area contributed by atoms with Crippen LogP contribution in [0.5, 0.6) is 0 Å². The van der Waals surface area contributed by atoms with Crippen LogP contribution in [-0.2, 0) is 11.2 Å². The molecule has 1 saturated heterocycles. The van der Waals surface area contributed by atoms with Crippen molar-refractivity contribution in [2.75, 3.05) is 6.61 Å². The lowest BCUT2D eigenvalue weighted by atomic mass is 10.0. The van der Waals surface area contributed by atoms with E-state index in [4.69, 9.17) is 4.74 Å². The summed E-state index contributed by atoms with van der Waals surface area (Å²) in [6.07, 6.45) is 8.04. The van der Waals surface area contributed by atoms with Gasteiger partial charge < -0.3 is 9.30 Å². The van der Waals surface area contributed by atoms with E-state index in [1.807, 2.05) is 6.33 Å². The summed E-state index contributed by atoms with van der Waals surface area (Å²) < 4.78 is 7.86. The van der Waals surface area contributed by atoms with Gasteiger partial charge in [0.1, 0.15) is 12.2 Å². The zero-order valence-electron chi connectivity index (χ0n) is 10.2. The fraction of sp³-hybridized carbons (Fsp3) is 0.833. The first kappa shape index (κ1) is 11.6. The van der Waals surface area contributed by atoms with Gasteiger partial charge in [-0.2, -0.15) is 0 Å². The number of ether oxygens (including phenoxy) is 1. The molecule has 4 heteroatoms. The zero-order valence-corrected chi connectivity index (χ0v) is 10.2. The van der Waals surface area contributed by atoms with Crippen molar-refractivity contribution in [2.24, 2.45) is 0 Å². The average Bonchev–Trinajstić information content (AvgIpc) is 2.76. The van der Waals surface area contributed by atoms with E-state index in [9.17, 15) is 0 Å². The van der Waals surface area contributed by atoms with E-state index in [-0.39, 0.29) is 0 Å². The maximum atomic E-state index is 5.72. The van der Waals surface area contributed by atoms with Crippen LogP contribution in [-0.4, -0.2) is 27.5 Å². The molecule has 0 aromatic carbocycles. The Labute approximate surface area is 97.0 Å². The Balaban J connectivity index is 1.86. The van der Waals surface area contributed by atoms with Gasteiger partial charge in [0, 0.05) is 19.1 Å². The highest BCUT2D eigenvalue weighted by atomic mass is 16.5. The maximum absolute atomic E-state index is 5.72. The predicted molar refractivity (Wildman–Crippen MR) is 62.3 cm³/mol. The molecule has 1 unspecified atom stereocenters. The van der Waals surface area contributed by atoms with Crippen molar-refractivity contribution >= 4 is 0 Å². The topological polar surface area (TPSA) is 39.9 Å². The number of nitrogens with zero attached hydrogens (tertiary/aromatic N) is 3. The highest BCUT2D eigenvalue weighted by Gasteiger charge is 2.15. The van der Waals surface area contributed by atoms with Gasteiger partial charge in [-0.05, 0) is 39.5 Å². The van der Waals surface area contributed by atoms with Crippen LogP contribution in [0.15, 0.2) is 6.33 Å². The van der Waals surface area contributed by atoms with Gasteiger partial charge >= 0.3 is 0 Å². The van der Waals surface area contributed by atoms with Gasteiger partial charge in [-0.3, -0.25) is 0 Å². The molecule has 0 N–H and O–H groups in total. The van der Waals surface area contributed by atoms with Gasteiger partial charge in [0.25, 0.3) is 0 Å². The van der Waals surface area contributed by atoms with Gasteiger partial charge in [-0.1, -0.05) is 0 Å². The summed E-state index contributed by atoms with van der Waals surface area (Å²) in [5, 5.41) is 8.16. The molecule has 1 fully saturated rings. The molecule has 1 atom stereocenters. The summed E-state index contributed by atoms with van der Waals surface area (Å²) in [6.45, 7) is 5.25. The summed E-state index contributed by atoms with van der Waals surface area (Å²) in [5.41, 5.74) is 0. The van der Waals surface area contributed by atoms with E-state index in [1.165, 1.54) is 19.3 Å². The molecule has 1 aliphatic rings. The molecule has 4 nitrogen and oxygen atoms in total. The molecule has 0 amide bonds. The monoisotopic (exact) mass is 223 g/mol. The Morgan fingerprint density at radius 1 is 1.50 bits per heavy atom. The second kappa shape index (κ2) is 5.43. The number of aryl methyl sites for hydroxylation is 1. The van der Waals surface area contributed by atoms with Crippen molar-refractivity contribution in [3.05, 3.63) is 12.2 Å². The molecule has 1 aromatic rings. The SMILES string of the molecule is CC(C)n1cnnc1CCC1CCCCO1. The third-order valence-corrected chi connectivity index (χ3v) is 3.17. The third kappa shape index (κ3) is 2.82. The van der Waals surface area contributed by atoms with Gasteiger partial charge in [0.05, 0.1) is 6.10 Å². The Kier molecular flexibility index (Phi) is 3.93. The minimum Gasteiger partial charge on any atom is -0.378 e. The fourth-order valence-electron chi connectivity index (χ4n) is 2.20. The molecule has 16 heavy (non-hydrogen) atoms.